The highest BCUT2D eigenvalue weighted by Gasteiger charge is 2.23. The van der Waals surface area contributed by atoms with Crippen LogP contribution in [-0.2, 0) is 0 Å². The summed E-state index contributed by atoms with van der Waals surface area (Å²) in [5, 5.41) is 0. The van der Waals surface area contributed by atoms with Crippen LogP contribution in [0.4, 0.5) is 0 Å². The lowest BCUT2D eigenvalue weighted by molar-refractivity contribution is 0.296. The van der Waals surface area contributed by atoms with Crippen molar-refractivity contribution < 1.29 is 0 Å². The highest BCUT2D eigenvalue weighted by Crippen LogP contribution is 2.19. The molecule has 3 heteroatoms. The largest absolute Gasteiger partial charge is 0.328 e. The van der Waals surface area contributed by atoms with Crippen molar-refractivity contribution in [3.8, 4) is 0 Å². The monoisotopic (exact) mass is 225 g/mol. The first-order chi connectivity index (χ1) is 7.52. The first-order valence-corrected chi connectivity index (χ1v) is 6.00. The van der Waals surface area contributed by atoms with E-state index in [1.807, 2.05) is 20.8 Å². The summed E-state index contributed by atoms with van der Waals surface area (Å²) in [5.74, 6) is 5.99. The number of hydrogen-bond donors (Lipinski definition) is 3. The highest BCUT2D eigenvalue weighted by molar-refractivity contribution is 4.96. The summed E-state index contributed by atoms with van der Waals surface area (Å²) in [6.45, 7) is 10.0. The van der Waals surface area contributed by atoms with E-state index in [0.29, 0.717) is 5.92 Å². The maximum absolute atomic E-state index is 6.02. The maximum Gasteiger partial charge on any atom is 0.0290 e. The number of hydrogen-bond acceptors (Lipinski definition) is 3. The minimum Gasteiger partial charge on any atom is -0.328 e. The van der Waals surface area contributed by atoms with E-state index in [2.05, 4.69) is 24.2 Å². The zero-order valence-corrected chi connectivity index (χ0v) is 10.9. The first-order valence-electron chi connectivity index (χ1n) is 6.00. The molecule has 2 unspecified atom stereocenters. The van der Waals surface area contributed by atoms with Crippen LogP contribution >= 0.6 is 0 Å². The highest BCUT2D eigenvalue weighted by atomic mass is 15.2. The van der Waals surface area contributed by atoms with Crippen LogP contribution in [0.1, 0.15) is 40.0 Å². The Labute approximate surface area is 99.9 Å². The Morgan fingerprint density at radius 2 is 2.12 bits per heavy atom. The zero-order chi connectivity index (χ0) is 12.6. The van der Waals surface area contributed by atoms with Gasteiger partial charge in [-0.3, -0.25) is 11.3 Å². The van der Waals surface area contributed by atoms with Gasteiger partial charge in [-0.05, 0) is 46.0 Å². The SMILES string of the molecule is C=C(C)CC(NN)C(CC/C=C/C)[C@@H](C)N. The fourth-order valence-corrected chi connectivity index (χ4v) is 2.00. The predicted molar refractivity (Wildman–Crippen MR) is 71.7 cm³/mol. The van der Waals surface area contributed by atoms with Gasteiger partial charge in [0.25, 0.3) is 0 Å². The number of hydrazine groups is 1. The summed E-state index contributed by atoms with van der Waals surface area (Å²) in [4.78, 5) is 0. The van der Waals surface area contributed by atoms with Gasteiger partial charge in [0.15, 0.2) is 0 Å². The van der Waals surface area contributed by atoms with Gasteiger partial charge in [0.05, 0.1) is 0 Å². The van der Waals surface area contributed by atoms with Crippen molar-refractivity contribution in [2.24, 2.45) is 17.5 Å². The molecule has 0 bridgehead atoms. The zero-order valence-electron chi connectivity index (χ0n) is 10.9. The molecule has 16 heavy (non-hydrogen) atoms. The molecule has 0 aromatic rings. The van der Waals surface area contributed by atoms with E-state index in [4.69, 9.17) is 11.6 Å². The average molecular weight is 225 g/mol. The molecule has 0 amide bonds. The van der Waals surface area contributed by atoms with E-state index in [9.17, 15) is 0 Å². The second-order valence-corrected chi connectivity index (χ2v) is 4.60. The molecule has 0 aromatic carbocycles. The summed E-state index contributed by atoms with van der Waals surface area (Å²) in [6.07, 6.45) is 7.24. The molecule has 94 valence electrons. The van der Waals surface area contributed by atoms with Gasteiger partial charge in [0.1, 0.15) is 0 Å². The van der Waals surface area contributed by atoms with Crippen LogP contribution in [0.15, 0.2) is 24.3 Å². The molecule has 0 rings (SSSR count). The van der Waals surface area contributed by atoms with Gasteiger partial charge in [-0.1, -0.05) is 17.7 Å². The molecule has 0 aliphatic rings. The second-order valence-electron chi connectivity index (χ2n) is 4.60. The van der Waals surface area contributed by atoms with Crippen molar-refractivity contribution in [3.63, 3.8) is 0 Å². The van der Waals surface area contributed by atoms with Crippen molar-refractivity contribution in [3.05, 3.63) is 24.3 Å². The molecular formula is C13H27N3. The summed E-state index contributed by atoms with van der Waals surface area (Å²) in [5.41, 5.74) is 10.0. The number of nitrogens with two attached hydrogens (primary N) is 2. The van der Waals surface area contributed by atoms with Gasteiger partial charge in [0.2, 0.25) is 0 Å². The summed E-state index contributed by atoms with van der Waals surface area (Å²) in [7, 11) is 0. The summed E-state index contributed by atoms with van der Waals surface area (Å²) < 4.78 is 0. The van der Waals surface area contributed by atoms with E-state index in [0.717, 1.165) is 24.8 Å². The van der Waals surface area contributed by atoms with E-state index in [1.54, 1.807) is 0 Å². The Kier molecular flexibility index (Phi) is 8.16. The molecule has 0 saturated heterocycles. The molecule has 0 fully saturated rings. The van der Waals surface area contributed by atoms with Crippen LogP contribution in [0.25, 0.3) is 0 Å². The van der Waals surface area contributed by atoms with Crippen molar-refractivity contribution in [2.45, 2.75) is 52.1 Å². The lowest BCUT2D eigenvalue weighted by Gasteiger charge is -2.29. The molecule has 0 saturated carbocycles. The van der Waals surface area contributed by atoms with Crippen molar-refractivity contribution in [1.82, 2.24) is 5.43 Å². The van der Waals surface area contributed by atoms with E-state index in [1.165, 1.54) is 0 Å². The molecule has 5 N–H and O–H groups in total. The minimum absolute atomic E-state index is 0.144. The fourth-order valence-electron chi connectivity index (χ4n) is 2.00. The molecule has 3 nitrogen and oxygen atoms in total. The third-order valence-corrected chi connectivity index (χ3v) is 2.88. The van der Waals surface area contributed by atoms with Gasteiger partial charge in [-0.15, -0.1) is 6.58 Å². The Morgan fingerprint density at radius 1 is 1.50 bits per heavy atom. The van der Waals surface area contributed by atoms with Gasteiger partial charge in [-0.2, -0.15) is 0 Å². The smallest absolute Gasteiger partial charge is 0.0290 e. The average Bonchev–Trinajstić information content (AvgIpc) is 2.21. The third kappa shape index (κ3) is 6.05. The van der Waals surface area contributed by atoms with E-state index >= 15 is 0 Å². The van der Waals surface area contributed by atoms with Crippen LogP contribution in [0.3, 0.4) is 0 Å². The van der Waals surface area contributed by atoms with Crippen LogP contribution in [-0.4, -0.2) is 12.1 Å². The second kappa shape index (κ2) is 8.50. The van der Waals surface area contributed by atoms with Crippen molar-refractivity contribution in [1.29, 1.82) is 0 Å². The Morgan fingerprint density at radius 3 is 2.50 bits per heavy atom. The van der Waals surface area contributed by atoms with Gasteiger partial charge < -0.3 is 5.73 Å². The molecule has 0 aromatic heterocycles. The third-order valence-electron chi connectivity index (χ3n) is 2.88. The normalized spacial score (nSPS) is 17.3. The fraction of sp³-hybridized carbons (Fsp3) is 0.692. The van der Waals surface area contributed by atoms with E-state index in [-0.39, 0.29) is 12.1 Å². The molecule has 0 radical (unpaired) electrons. The Balaban J connectivity index is 4.39. The predicted octanol–water partition coefficient (Wildman–Crippen LogP) is 2.10. The van der Waals surface area contributed by atoms with Crippen LogP contribution in [0.5, 0.6) is 0 Å². The van der Waals surface area contributed by atoms with Gasteiger partial charge >= 0.3 is 0 Å². The molecule has 0 heterocycles. The van der Waals surface area contributed by atoms with Crippen molar-refractivity contribution >= 4 is 0 Å². The Bertz CT molecular complexity index is 221. The quantitative estimate of drug-likeness (QED) is 0.337. The lowest BCUT2D eigenvalue weighted by Crippen LogP contribution is -2.47. The summed E-state index contributed by atoms with van der Waals surface area (Å²) in [6, 6.07) is 0.369. The number of allylic oxidation sites excluding steroid dienone is 2. The molecular weight excluding hydrogens is 198 g/mol. The first kappa shape index (κ1) is 15.4. The van der Waals surface area contributed by atoms with Gasteiger partial charge in [-0.25, -0.2) is 0 Å². The minimum atomic E-state index is 0.144. The Hall–Kier alpha value is -0.640. The number of rotatable bonds is 8. The summed E-state index contributed by atoms with van der Waals surface area (Å²) >= 11 is 0. The van der Waals surface area contributed by atoms with Gasteiger partial charge in [0, 0.05) is 12.1 Å². The van der Waals surface area contributed by atoms with Crippen LogP contribution in [0.2, 0.25) is 0 Å². The van der Waals surface area contributed by atoms with Crippen molar-refractivity contribution in [2.75, 3.05) is 0 Å². The molecule has 0 aliphatic carbocycles. The molecule has 0 spiro atoms. The number of nitrogens with one attached hydrogen (secondary N) is 1. The topological polar surface area (TPSA) is 64.1 Å². The molecule has 0 aliphatic heterocycles. The van der Waals surface area contributed by atoms with E-state index < -0.39 is 0 Å². The van der Waals surface area contributed by atoms with Crippen LogP contribution in [0, 0.1) is 5.92 Å². The van der Waals surface area contributed by atoms with Crippen LogP contribution < -0.4 is 17.0 Å². The lowest BCUT2D eigenvalue weighted by atomic mass is 9.86. The molecule has 3 atom stereocenters. The standard InChI is InChI=1S/C13H27N3/c1-5-6-7-8-12(11(4)14)13(16-15)9-10(2)3/h5-6,11-13,16H,2,7-9,14-15H2,1,3-4H3/b6-5+/t11-,12?,13?/m1/s1. The maximum atomic E-state index is 6.02.